The van der Waals surface area contributed by atoms with E-state index in [0.29, 0.717) is 6.61 Å². The highest BCUT2D eigenvalue weighted by Crippen LogP contribution is 2.14. The summed E-state index contributed by atoms with van der Waals surface area (Å²) in [5.74, 6) is 1.00. The maximum absolute atomic E-state index is 9.88. The molecule has 0 fully saturated rings. The molecule has 0 aliphatic heterocycles. The second-order valence-electron chi connectivity index (χ2n) is 5.23. The van der Waals surface area contributed by atoms with Crippen LogP contribution in [0.25, 0.3) is 0 Å². The van der Waals surface area contributed by atoms with Crippen molar-refractivity contribution in [3.8, 4) is 5.75 Å². The van der Waals surface area contributed by atoms with E-state index in [2.05, 4.69) is 10.3 Å². The van der Waals surface area contributed by atoms with Gasteiger partial charge in [0, 0.05) is 5.69 Å². The van der Waals surface area contributed by atoms with Gasteiger partial charge in [-0.3, -0.25) is 4.99 Å². The van der Waals surface area contributed by atoms with Crippen LogP contribution in [0.15, 0.2) is 59.6 Å². The molecule has 136 valence electrons. The Morgan fingerprint density at radius 2 is 1.84 bits per heavy atom. The lowest BCUT2D eigenvalue weighted by molar-refractivity contribution is 0.0331. The lowest BCUT2D eigenvalue weighted by atomic mass is 10.2. The smallest absolute Gasteiger partial charge is 0.193 e. The van der Waals surface area contributed by atoms with Crippen molar-refractivity contribution in [1.82, 2.24) is 0 Å². The number of nitrogens with one attached hydrogen (secondary N) is 1. The largest absolute Gasteiger partial charge is 0.497 e. The molecule has 1 atom stereocenters. The molecule has 0 saturated heterocycles. The number of benzene rings is 2. The third kappa shape index (κ3) is 8.19. The normalized spacial score (nSPS) is 12.2. The molecule has 2 aromatic carbocycles. The van der Waals surface area contributed by atoms with Crippen molar-refractivity contribution in [2.45, 2.75) is 12.7 Å². The summed E-state index contributed by atoms with van der Waals surface area (Å²) in [4.78, 5) is 4.11. The molecule has 4 N–H and O–H groups in total. The van der Waals surface area contributed by atoms with Gasteiger partial charge in [0.15, 0.2) is 5.96 Å². The summed E-state index contributed by atoms with van der Waals surface area (Å²) in [5.41, 5.74) is 7.66. The van der Waals surface area contributed by atoms with Crippen molar-refractivity contribution in [2.24, 2.45) is 10.7 Å². The van der Waals surface area contributed by atoms with Crippen LogP contribution in [0, 0.1) is 0 Å². The SMILES string of the molecule is COc1ccc(NC(N)=NCC(O)COCc2ccccc2)cc1.I. The van der Waals surface area contributed by atoms with Gasteiger partial charge in [-0.05, 0) is 29.8 Å². The van der Waals surface area contributed by atoms with Gasteiger partial charge in [-0.25, -0.2) is 0 Å². The van der Waals surface area contributed by atoms with Crippen LogP contribution >= 0.6 is 24.0 Å². The van der Waals surface area contributed by atoms with Gasteiger partial charge in [0.25, 0.3) is 0 Å². The Labute approximate surface area is 165 Å². The number of nitrogens with zero attached hydrogens (tertiary/aromatic N) is 1. The lowest BCUT2D eigenvalue weighted by Crippen LogP contribution is -2.26. The molecule has 0 amide bonds. The Morgan fingerprint density at radius 3 is 2.48 bits per heavy atom. The Morgan fingerprint density at radius 1 is 1.16 bits per heavy atom. The predicted octanol–water partition coefficient (Wildman–Crippen LogP) is 2.62. The first kappa shape index (κ1) is 21.2. The Bertz CT molecular complexity index is 636. The van der Waals surface area contributed by atoms with E-state index in [4.69, 9.17) is 15.2 Å². The molecule has 2 rings (SSSR count). The van der Waals surface area contributed by atoms with Gasteiger partial charge >= 0.3 is 0 Å². The maximum Gasteiger partial charge on any atom is 0.193 e. The number of anilines is 1. The third-order valence-corrected chi connectivity index (χ3v) is 3.26. The molecule has 2 aromatic rings. The fraction of sp³-hybridized carbons (Fsp3) is 0.278. The average molecular weight is 457 g/mol. The second-order valence-corrected chi connectivity index (χ2v) is 5.23. The van der Waals surface area contributed by atoms with Crippen molar-refractivity contribution in [1.29, 1.82) is 0 Å². The fourth-order valence-corrected chi connectivity index (χ4v) is 2.01. The first-order valence-electron chi connectivity index (χ1n) is 7.68. The van der Waals surface area contributed by atoms with E-state index in [9.17, 15) is 5.11 Å². The lowest BCUT2D eigenvalue weighted by Gasteiger charge is -2.10. The molecule has 0 radical (unpaired) electrons. The quantitative estimate of drug-likeness (QED) is 0.322. The number of aliphatic imine (C=N–C) groups is 1. The molecule has 0 aromatic heterocycles. The minimum absolute atomic E-state index is 0. The van der Waals surface area contributed by atoms with Crippen LogP contribution in [0.5, 0.6) is 5.75 Å². The van der Waals surface area contributed by atoms with E-state index < -0.39 is 6.10 Å². The summed E-state index contributed by atoms with van der Waals surface area (Å²) in [5, 5.41) is 12.8. The number of guanidine groups is 1. The van der Waals surface area contributed by atoms with E-state index in [1.807, 2.05) is 54.6 Å². The molecule has 25 heavy (non-hydrogen) atoms. The van der Waals surface area contributed by atoms with Gasteiger partial charge in [0.05, 0.1) is 33.0 Å². The van der Waals surface area contributed by atoms with E-state index in [1.54, 1.807) is 7.11 Å². The molecule has 0 saturated carbocycles. The van der Waals surface area contributed by atoms with Crippen molar-refractivity contribution in [3.05, 3.63) is 60.2 Å². The number of aliphatic hydroxyl groups is 1. The van der Waals surface area contributed by atoms with Crippen LogP contribution in [0.2, 0.25) is 0 Å². The zero-order valence-corrected chi connectivity index (χ0v) is 16.4. The minimum atomic E-state index is -0.704. The monoisotopic (exact) mass is 457 g/mol. The zero-order chi connectivity index (χ0) is 17.2. The number of methoxy groups -OCH3 is 1. The molecular weight excluding hydrogens is 433 g/mol. The molecule has 0 bridgehead atoms. The Balaban J connectivity index is 0.00000312. The molecule has 0 aliphatic carbocycles. The van der Waals surface area contributed by atoms with Crippen molar-refractivity contribution in [3.63, 3.8) is 0 Å². The second kappa shape index (κ2) is 11.7. The first-order valence-corrected chi connectivity index (χ1v) is 7.68. The van der Waals surface area contributed by atoms with E-state index >= 15 is 0 Å². The summed E-state index contributed by atoms with van der Waals surface area (Å²) >= 11 is 0. The van der Waals surface area contributed by atoms with E-state index in [0.717, 1.165) is 17.0 Å². The van der Waals surface area contributed by atoms with Crippen LogP contribution < -0.4 is 15.8 Å². The fourth-order valence-electron chi connectivity index (χ4n) is 2.01. The molecule has 0 aliphatic rings. The highest BCUT2D eigenvalue weighted by Gasteiger charge is 2.04. The topological polar surface area (TPSA) is 89.1 Å². The summed E-state index contributed by atoms with van der Waals surface area (Å²) < 4.78 is 10.5. The van der Waals surface area contributed by atoms with E-state index in [-0.39, 0.29) is 43.1 Å². The Hall–Kier alpha value is -1.84. The third-order valence-electron chi connectivity index (χ3n) is 3.26. The van der Waals surface area contributed by atoms with Gasteiger partial charge in [0.1, 0.15) is 5.75 Å². The van der Waals surface area contributed by atoms with Crippen molar-refractivity contribution >= 4 is 35.6 Å². The number of hydrogen-bond acceptors (Lipinski definition) is 4. The molecule has 7 heteroatoms. The Kier molecular flexibility index (Phi) is 9.90. The van der Waals surface area contributed by atoms with Crippen molar-refractivity contribution < 1.29 is 14.6 Å². The van der Waals surface area contributed by atoms with Crippen LogP contribution in [0.4, 0.5) is 5.69 Å². The summed E-state index contributed by atoms with van der Waals surface area (Å²) in [6.07, 6.45) is -0.704. The number of nitrogens with two attached hydrogens (primary N) is 1. The highest BCUT2D eigenvalue weighted by atomic mass is 127. The van der Waals surface area contributed by atoms with Crippen LogP contribution in [0.1, 0.15) is 5.56 Å². The highest BCUT2D eigenvalue weighted by molar-refractivity contribution is 14.0. The molecule has 0 heterocycles. The number of halogens is 1. The van der Waals surface area contributed by atoms with E-state index in [1.165, 1.54) is 0 Å². The van der Waals surface area contributed by atoms with Crippen molar-refractivity contribution in [2.75, 3.05) is 25.6 Å². The number of hydrogen-bond donors (Lipinski definition) is 3. The minimum Gasteiger partial charge on any atom is -0.497 e. The van der Waals surface area contributed by atoms with Crippen LogP contribution in [-0.4, -0.2) is 37.4 Å². The number of rotatable bonds is 8. The summed E-state index contributed by atoms with van der Waals surface area (Å²) in [6.45, 7) is 0.833. The predicted molar refractivity (Wildman–Crippen MR) is 111 cm³/mol. The van der Waals surface area contributed by atoms with Gasteiger partial charge in [-0.2, -0.15) is 0 Å². The van der Waals surface area contributed by atoms with Gasteiger partial charge in [-0.15, -0.1) is 24.0 Å². The molecule has 1 unspecified atom stereocenters. The van der Waals surface area contributed by atoms with Gasteiger partial charge in [-0.1, -0.05) is 30.3 Å². The zero-order valence-electron chi connectivity index (χ0n) is 14.1. The maximum atomic E-state index is 9.88. The van der Waals surface area contributed by atoms with Gasteiger partial charge in [0.2, 0.25) is 0 Å². The number of aliphatic hydroxyl groups excluding tert-OH is 1. The molecule has 0 spiro atoms. The first-order chi connectivity index (χ1) is 11.7. The summed E-state index contributed by atoms with van der Waals surface area (Å²) in [6, 6.07) is 17.1. The summed E-state index contributed by atoms with van der Waals surface area (Å²) in [7, 11) is 1.61. The molecule has 6 nitrogen and oxygen atoms in total. The molecular formula is C18H24IN3O3. The standard InChI is InChI=1S/C18H23N3O3.HI/c1-23-17-9-7-15(8-10-17)21-18(19)20-11-16(22)13-24-12-14-5-3-2-4-6-14;/h2-10,16,22H,11-13H2,1H3,(H3,19,20,21);1H. The van der Waals surface area contributed by atoms with Gasteiger partial charge < -0.3 is 25.6 Å². The average Bonchev–Trinajstić information content (AvgIpc) is 2.61. The van der Waals surface area contributed by atoms with Crippen LogP contribution in [0.3, 0.4) is 0 Å². The van der Waals surface area contributed by atoms with Crippen LogP contribution in [-0.2, 0) is 11.3 Å². The number of ether oxygens (including phenoxy) is 2.